The molecule has 1 atom stereocenters. The summed E-state index contributed by atoms with van der Waals surface area (Å²) in [6.07, 6.45) is 63.4. The van der Waals surface area contributed by atoms with Gasteiger partial charge >= 0.3 is 17.9 Å². The molecule has 0 rings (SSSR count). The highest BCUT2D eigenvalue weighted by Crippen LogP contribution is 2.14. The molecule has 0 saturated carbocycles. The SMILES string of the molecule is CCCCC/C=C\C/C=C\C/C=C\C/C=C\CCCCCC(=O)O[C@H](COC(=O)CCCCCCC/C=C\CCCCCCCC)COC(=O)CCCCCCCCCCCCC. The van der Waals surface area contributed by atoms with Crippen molar-refractivity contribution in [2.75, 3.05) is 13.2 Å². The number of rotatable bonds is 48. The van der Waals surface area contributed by atoms with Crippen LogP contribution in [0.3, 0.4) is 0 Å². The molecule has 0 bridgehead atoms. The smallest absolute Gasteiger partial charge is 0.306 e. The van der Waals surface area contributed by atoms with Crippen LogP contribution in [0.25, 0.3) is 0 Å². The van der Waals surface area contributed by atoms with Crippen molar-refractivity contribution >= 4 is 17.9 Å². The van der Waals surface area contributed by atoms with Gasteiger partial charge in [0.05, 0.1) is 0 Å². The topological polar surface area (TPSA) is 78.9 Å². The molecule has 0 fully saturated rings. The Bertz CT molecular complexity index is 1150. The molecule has 0 N–H and O–H groups in total. The second-order valence-corrected chi connectivity index (χ2v) is 17.8. The van der Waals surface area contributed by atoms with E-state index in [9.17, 15) is 14.4 Å². The lowest BCUT2D eigenvalue weighted by Gasteiger charge is -2.18. The molecule has 0 heterocycles. The molecule has 0 amide bonds. The van der Waals surface area contributed by atoms with Gasteiger partial charge in [-0.05, 0) is 89.9 Å². The van der Waals surface area contributed by atoms with Gasteiger partial charge in [0.2, 0.25) is 0 Å². The monoisotopic (exact) mass is 881 g/mol. The highest BCUT2D eigenvalue weighted by atomic mass is 16.6. The molecule has 63 heavy (non-hydrogen) atoms. The summed E-state index contributed by atoms with van der Waals surface area (Å²) in [7, 11) is 0. The summed E-state index contributed by atoms with van der Waals surface area (Å²) in [5, 5.41) is 0. The van der Waals surface area contributed by atoms with Gasteiger partial charge in [-0.15, -0.1) is 0 Å². The van der Waals surface area contributed by atoms with E-state index in [1.807, 2.05) is 0 Å². The van der Waals surface area contributed by atoms with Gasteiger partial charge < -0.3 is 14.2 Å². The van der Waals surface area contributed by atoms with Crippen molar-refractivity contribution in [2.24, 2.45) is 0 Å². The third-order valence-corrected chi connectivity index (χ3v) is 11.5. The zero-order chi connectivity index (χ0) is 45.8. The van der Waals surface area contributed by atoms with Crippen LogP contribution in [-0.4, -0.2) is 37.2 Å². The molecule has 6 nitrogen and oxygen atoms in total. The zero-order valence-electron chi connectivity index (χ0n) is 41.6. The Morgan fingerprint density at radius 1 is 0.317 bits per heavy atom. The highest BCUT2D eigenvalue weighted by Gasteiger charge is 2.19. The van der Waals surface area contributed by atoms with E-state index in [-0.39, 0.29) is 31.1 Å². The molecule has 0 radical (unpaired) electrons. The van der Waals surface area contributed by atoms with E-state index in [2.05, 4.69) is 81.5 Å². The molecule has 0 spiro atoms. The first-order valence-corrected chi connectivity index (χ1v) is 26.8. The number of hydrogen-bond donors (Lipinski definition) is 0. The van der Waals surface area contributed by atoms with Gasteiger partial charge in [0, 0.05) is 19.3 Å². The standard InChI is InChI=1S/C57H100O6/c1-4-7-10-13-16-19-22-24-26-27-28-29-31-33-36-39-42-45-48-51-57(60)63-54(52-61-55(58)49-46-43-40-37-34-21-18-15-12-9-6-3)53-62-56(59)50-47-44-41-38-35-32-30-25-23-20-17-14-11-8-5-2/h16,19,24-26,28-30,33,36,54H,4-15,17-18,20-23,27,31-32,34-35,37-53H2,1-3H3/b19-16-,26-24-,29-28-,30-25-,36-33-/t54-/m0/s1. The first-order chi connectivity index (χ1) is 31.0. The Balaban J connectivity index is 4.43. The van der Waals surface area contributed by atoms with E-state index >= 15 is 0 Å². The van der Waals surface area contributed by atoms with E-state index in [4.69, 9.17) is 14.2 Å². The van der Waals surface area contributed by atoms with Crippen molar-refractivity contribution in [3.8, 4) is 0 Å². The second kappa shape index (κ2) is 51.7. The Morgan fingerprint density at radius 2 is 0.571 bits per heavy atom. The van der Waals surface area contributed by atoms with Crippen LogP contribution in [0.5, 0.6) is 0 Å². The fourth-order valence-electron chi connectivity index (χ4n) is 7.42. The number of ether oxygens (including phenoxy) is 3. The minimum atomic E-state index is -0.791. The van der Waals surface area contributed by atoms with Crippen molar-refractivity contribution < 1.29 is 28.6 Å². The number of carbonyl (C=O) groups excluding carboxylic acids is 3. The molecule has 0 aliphatic heterocycles. The number of hydrogen-bond acceptors (Lipinski definition) is 6. The summed E-state index contributed by atoms with van der Waals surface area (Å²) in [6, 6.07) is 0. The predicted octanol–water partition coefficient (Wildman–Crippen LogP) is 17.6. The normalized spacial score (nSPS) is 12.5. The molecule has 0 aromatic carbocycles. The number of esters is 3. The van der Waals surface area contributed by atoms with Crippen molar-refractivity contribution in [3.63, 3.8) is 0 Å². The molecule has 0 aromatic rings. The lowest BCUT2D eigenvalue weighted by atomic mass is 10.1. The Kier molecular flexibility index (Phi) is 49.4. The molecule has 0 aromatic heterocycles. The number of carbonyl (C=O) groups is 3. The summed E-state index contributed by atoms with van der Waals surface area (Å²) >= 11 is 0. The van der Waals surface area contributed by atoms with Gasteiger partial charge in [-0.3, -0.25) is 14.4 Å². The molecule has 6 heteroatoms. The zero-order valence-corrected chi connectivity index (χ0v) is 41.6. The van der Waals surface area contributed by atoms with E-state index in [0.29, 0.717) is 19.3 Å². The quantitative estimate of drug-likeness (QED) is 0.0262. The largest absolute Gasteiger partial charge is 0.462 e. The van der Waals surface area contributed by atoms with Gasteiger partial charge in [-0.25, -0.2) is 0 Å². The maximum Gasteiger partial charge on any atom is 0.306 e. The Morgan fingerprint density at radius 3 is 0.952 bits per heavy atom. The van der Waals surface area contributed by atoms with Crippen molar-refractivity contribution in [3.05, 3.63) is 60.8 Å². The van der Waals surface area contributed by atoms with Gasteiger partial charge in [0.15, 0.2) is 6.10 Å². The van der Waals surface area contributed by atoms with Crippen molar-refractivity contribution in [1.82, 2.24) is 0 Å². The molecular weight excluding hydrogens is 781 g/mol. The van der Waals surface area contributed by atoms with E-state index in [1.54, 1.807) is 0 Å². The van der Waals surface area contributed by atoms with Crippen LogP contribution in [0.15, 0.2) is 60.8 Å². The fraction of sp³-hybridized carbons (Fsp3) is 0.772. The first-order valence-electron chi connectivity index (χ1n) is 26.8. The van der Waals surface area contributed by atoms with Crippen LogP contribution in [0.1, 0.15) is 265 Å². The van der Waals surface area contributed by atoms with Crippen LogP contribution in [0.2, 0.25) is 0 Å². The molecule has 0 unspecified atom stereocenters. The summed E-state index contributed by atoms with van der Waals surface area (Å²) in [6.45, 7) is 6.57. The van der Waals surface area contributed by atoms with E-state index < -0.39 is 6.10 Å². The lowest BCUT2D eigenvalue weighted by molar-refractivity contribution is -0.167. The third-order valence-electron chi connectivity index (χ3n) is 11.5. The van der Waals surface area contributed by atoms with Crippen molar-refractivity contribution in [2.45, 2.75) is 271 Å². The van der Waals surface area contributed by atoms with Gasteiger partial charge in [-0.2, -0.15) is 0 Å². The maximum atomic E-state index is 12.8. The highest BCUT2D eigenvalue weighted by molar-refractivity contribution is 5.71. The van der Waals surface area contributed by atoms with Crippen LogP contribution in [0, 0.1) is 0 Å². The molecule has 0 saturated heterocycles. The Labute approximate surface area is 390 Å². The van der Waals surface area contributed by atoms with Gasteiger partial charge in [0.25, 0.3) is 0 Å². The average molecular weight is 881 g/mol. The predicted molar refractivity (Wildman–Crippen MR) is 270 cm³/mol. The molecule has 364 valence electrons. The van der Waals surface area contributed by atoms with Gasteiger partial charge in [-0.1, -0.05) is 216 Å². The molecule has 0 aliphatic carbocycles. The summed E-state index contributed by atoms with van der Waals surface area (Å²) in [5.41, 5.74) is 0. The third kappa shape index (κ3) is 50.0. The average Bonchev–Trinajstić information content (AvgIpc) is 3.28. The minimum absolute atomic E-state index is 0.0879. The van der Waals surface area contributed by atoms with Crippen molar-refractivity contribution in [1.29, 1.82) is 0 Å². The number of unbranched alkanes of at least 4 members (excludes halogenated alkanes) is 27. The fourth-order valence-corrected chi connectivity index (χ4v) is 7.42. The summed E-state index contributed by atoms with van der Waals surface area (Å²) in [5.74, 6) is -0.923. The van der Waals surface area contributed by atoms with Crippen LogP contribution in [0.4, 0.5) is 0 Å². The second-order valence-electron chi connectivity index (χ2n) is 17.8. The van der Waals surface area contributed by atoms with E-state index in [0.717, 1.165) is 89.9 Å². The van der Waals surface area contributed by atoms with Crippen LogP contribution >= 0.6 is 0 Å². The lowest BCUT2D eigenvalue weighted by Crippen LogP contribution is -2.30. The van der Waals surface area contributed by atoms with Gasteiger partial charge in [0.1, 0.15) is 13.2 Å². The first kappa shape index (κ1) is 60.1. The van der Waals surface area contributed by atoms with Crippen LogP contribution < -0.4 is 0 Å². The summed E-state index contributed by atoms with van der Waals surface area (Å²) < 4.78 is 16.8. The maximum absolute atomic E-state index is 12.8. The minimum Gasteiger partial charge on any atom is -0.462 e. The molecule has 0 aliphatic rings. The van der Waals surface area contributed by atoms with Crippen LogP contribution in [-0.2, 0) is 28.6 Å². The number of allylic oxidation sites excluding steroid dienone is 10. The van der Waals surface area contributed by atoms with E-state index in [1.165, 1.54) is 135 Å². The molecular formula is C57H100O6. The Hall–Kier alpha value is -2.89. The summed E-state index contributed by atoms with van der Waals surface area (Å²) in [4.78, 5) is 38.0.